The summed E-state index contributed by atoms with van der Waals surface area (Å²) in [7, 11) is 0. The van der Waals surface area contributed by atoms with Gasteiger partial charge in [0.2, 0.25) is 5.91 Å². The number of fused-ring (bicyclic) bond motifs is 1. The van der Waals surface area contributed by atoms with Crippen LogP contribution in [0.25, 0.3) is 16.9 Å². The number of carbonyl (C=O) groups is 2. The molecule has 0 radical (unpaired) electrons. The van der Waals surface area contributed by atoms with E-state index in [4.69, 9.17) is 5.26 Å². The van der Waals surface area contributed by atoms with Gasteiger partial charge in [-0.2, -0.15) is 23.5 Å². The van der Waals surface area contributed by atoms with Crippen molar-refractivity contribution in [2.24, 2.45) is 0 Å². The number of carbonyl (C=O) groups excluding carboxylic acids is 2. The zero-order chi connectivity index (χ0) is 30.7. The molecule has 3 N–H and O–H groups in total. The first-order valence-corrected chi connectivity index (χ1v) is 13.6. The number of aromatic nitrogens is 5. The average Bonchev–Trinajstić information content (AvgIpc) is 3.61. The molecule has 4 aromatic rings. The number of hydrogen-bond donors (Lipinski definition) is 3. The molecule has 2 amide bonds. The Morgan fingerprint density at radius 2 is 2.07 bits per heavy atom. The van der Waals surface area contributed by atoms with Gasteiger partial charge in [0.25, 0.3) is 5.91 Å². The van der Waals surface area contributed by atoms with Gasteiger partial charge in [0.15, 0.2) is 17.2 Å². The van der Waals surface area contributed by atoms with Crippen LogP contribution < -0.4 is 16.0 Å². The molecular weight excluding hydrogens is 565 g/mol. The normalized spacial score (nSPS) is 15.3. The van der Waals surface area contributed by atoms with Gasteiger partial charge in [-0.15, -0.1) is 0 Å². The lowest BCUT2D eigenvalue weighted by Crippen LogP contribution is -2.53. The van der Waals surface area contributed by atoms with Crippen LogP contribution in [0.4, 0.5) is 24.7 Å². The molecular formula is C28H29F3N10O2. The summed E-state index contributed by atoms with van der Waals surface area (Å²) in [4.78, 5) is 35.9. The number of imidazole rings is 1. The Balaban J connectivity index is 1.35. The number of hydrogen-bond acceptors (Lipinski definition) is 8. The predicted octanol–water partition coefficient (Wildman–Crippen LogP) is 2.99. The summed E-state index contributed by atoms with van der Waals surface area (Å²) in [5.74, 6) is -0.228. The van der Waals surface area contributed by atoms with Gasteiger partial charge in [0, 0.05) is 55.5 Å². The van der Waals surface area contributed by atoms with Crippen molar-refractivity contribution in [3.05, 3.63) is 59.8 Å². The van der Waals surface area contributed by atoms with E-state index >= 15 is 0 Å². The van der Waals surface area contributed by atoms with Crippen LogP contribution in [0.1, 0.15) is 35.5 Å². The van der Waals surface area contributed by atoms with Gasteiger partial charge in [-0.05, 0) is 37.1 Å². The van der Waals surface area contributed by atoms with E-state index in [1.165, 1.54) is 23.0 Å². The summed E-state index contributed by atoms with van der Waals surface area (Å²) in [6, 6.07) is 7.08. The maximum Gasteiger partial charge on any atom is 0.435 e. The maximum absolute atomic E-state index is 13.7. The van der Waals surface area contributed by atoms with Crippen LogP contribution in [0.5, 0.6) is 0 Å². The lowest BCUT2D eigenvalue weighted by Gasteiger charge is -2.32. The molecule has 15 heteroatoms. The van der Waals surface area contributed by atoms with Gasteiger partial charge in [-0.1, -0.05) is 6.92 Å². The smallest absolute Gasteiger partial charge is 0.343 e. The molecule has 1 unspecified atom stereocenters. The SMILES string of the molecule is CCc1cc(Nc2nccn3c(-c4cn(CC#N)nc4C(F)(F)F)cnc23)ccc1C(=O)NCC(=O)N1CCNC(C)C1. The quantitative estimate of drug-likeness (QED) is 0.282. The fourth-order valence-corrected chi connectivity index (χ4v) is 5.02. The van der Waals surface area contributed by atoms with Crippen LogP contribution in [-0.4, -0.2) is 73.1 Å². The summed E-state index contributed by atoms with van der Waals surface area (Å²) < 4.78 is 43.6. The molecule has 12 nitrogen and oxygen atoms in total. The van der Waals surface area contributed by atoms with E-state index < -0.39 is 11.9 Å². The van der Waals surface area contributed by atoms with E-state index in [0.29, 0.717) is 37.3 Å². The summed E-state index contributed by atoms with van der Waals surface area (Å²) in [5, 5.41) is 21.6. The van der Waals surface area contributed by atoms with Gasteiger partial charge < -0.3 is 20.9 Å². The predicted molar refractivity (Wildman–Crippen MR) is 150 cm³/mol. The van der Waals surface area contributed by atoms with E-state index in [0.717, 1.165) is 16.4 Å². The van der Waals surface area contributed by atoms with Crippen LogP contribution in [-0.2, 0) is 23.9 Å². The Hall–Kier alpha value is -4.97. The maximum atomic E-state index is 13.7. The van der Waals surface area contributed by atoms with Crippen molar-refractivity contribution in [1.82, 2.24) is 39.7 Å². The monoisotopic (exact) mass is 594 g/mol. The topological polar surface area (TPSA) is 145 Å². The van der Waals surface area contributed by atoms with E-state index in [1.54, 1.807) is 29.2 Å². The third kappa shape index (κ3) is 6.28. The molecule has 1 fully saturated rings. The van der Waals surface area contributed by atoms with E-state index in [-0.39, 0.29) is 53.7 Å². The Morgan fingerprint density at radius 3 is 2.79 bits per heavy atom. The molecule has 1 saturated heterocycles. The number of nitriles is 1. The molecule has 0 bridgehead atoms. The van der Waals surface area contributed by atoms with Crippen LogP contribution in [0.3, 0.4) is 0 Å². The third-order valence-corrected chi connectivity index (χ3v) is 7.08. The Kier molecular flexibility index (Phi) is 8.31. The highest BCUT2D eigenvalue weighted by atomic mass is 19.4. The number of alkyl halides is 3. The Bertz CT molecular complexity index is 1710. The van der Waals surface area contributed by atoms with Crippen molar-refractivity contribution in [3.63, 3.8) is 0 Å². The lowest BCUT2D eigenvalue weighted by molar-refractivity contribution is -0.141. The molecule has 1 atom stereocenters. The highest BCUT2D eigenvalue weighted by molar-refractivity contribution is 5.98. The summed E-state index contributed by atoms with van der Waals surface area (Å²) >= 11 is 0. The third-order valence-electron chi connectivity index (χ3n) is 7.08. The molecule has 43 heavy (non-hydrogen) atoms. The molecule has 4 heterocycles. The molecule has 0 saturated carbocycles. The first-order chi connectivity index (χ1) is 20.6. The molecule has 0 spiro atoms. The summed E-state index contributed by atoms with van der Waals surface area (Å²) in [5.41, 5.74) is 0.784. The number of piperazine rings is 1. The Labute approximate surface area is 244 Å². The second-order valence-corrected chi connectivity index (χ2v) is 10.1. The fraction of sp³-hybridized carbons (Fsp3) is 0.357. The van der Waals surface area contributed by atoms with Crippen molar-refractivity contribution in [2.75, 3.05) is 31.5 Å². The van der Waals surface area contributed by atoms with Crippen molar-refractivity contribution in [1.29, 1.82) is 5.26 Å². The number of amides is 2. The minimum atomic E-state index is -4.74. The number of halogens is 3. The minimum Gasteiger partial charge on any atom is -0.343 e. The van der Waals surface area contributed by atoms with Crippen molar-refractivity contribution < 1.29 is 22.8 Å². The van der Waals surface area contributed by atoms with Crippen molar-refractivity contribution in [3.8, 4) is 17.3 Å². The van der Waals surface area contributed by atoms with Crippen LogP contribution >= 0.6 is 0 Å². The lowest BCUT2D eigenvalue weighted by atomic mass is 10.0. The standard InChI is InChI=1S/C28H29F3N10O2/c1-3-18-12-19(4-5-20(18)27(43)36-14-23(42)39-10-7-33-17(2)15-39)37-25-26-35-13-22(41(26)11-8-34-25)21-16-40(9-6-32)38-24(21)28(29,30)31/h4-5,8,11-13,16-17,33H,3,7,9-10,14-15H2,1-2H3,(H,34,37)(H,36,43). The molecule has 1 aliphatic heterocycles. The summed E-state index contributed by atoms with van der Waals surface area (Å²) in [6.07, 6.45) is 1.15. The molecule has 3 aromatic heterocycles. The first-order valence-electron chi connectivity index (χ1n) is 13.6. The highest BCUT2D eigenvalue weighted by Crippen LogP contribution is 2.37. The van der Waals surface area contributed by atoms with Crippen molar-refractivity contribution >= 4 is 29.0 Å². The van der Waals surface area contributed by atoms with Gasteiger partial charge >= 0.3 is 6.18 Å². The molecule has 0 aliphatic carbocycles. The number of nitrogens with zero attached hydrogens (tertiary/aromatic N) is 7. The minimum absolute atomic E-state index is 0.103. The van der Waals surface area contributed by atoms with Gasteiger partial charge in [-0.25, -0.2) is 9.97 Å². The van der Waals surface area contributed by atoms with Crippen LogP contribution in [0.2, 0.25) is 0 Å². The number of nitrogens with one attached hydrogen (secondary N) is 3. The zero-order valence-electron chi connectivity index (χ0n) is 23.4. The van der Waals surface area contributed by atoms with Gasteiger partial charge in [0.05, 0.1) is 30.1 Å². The van der Waals surface area contributed by atoms with Crippen molar-refractivity contribution in [2.45, 2.75) is 39.0 Å². The average molecular weight is 595 g/mol. The summed E-state index contributed by atoms with van der Waals surface area (Å²) in [6.45, 7) is 5.34. The molecule has 1 aromatic carbocycles. The highest BCUT2D eigenvalue weighted by Gasteiger charge is 2.38. The zero-order valence-corrected chi connectivity index (χ0v) is 23.4. The van der Waals surface area contributed by atoms with E-state index in [2.05, 4.69) is 31.0 Å². The molecule has 1 aliphatic rings. The van der Waals surface area contributed by atoms with E-state index in [9.17, 15) is 22.8 Å². The van der Waals surface area contributed by atoms with Gasteiger partial charge in [-0.3, -0.25) is 18.7 Å². The Morgan fingerprint density at radius 1 is 1.26 bits per heavy atom. The van der Waals surface area contributed by atoms with E-state index in [1.807, 2.05) is 13.8 Å². The molecule has 224 valence electrons. The fourth-order valence-electron chi connectivity index (χ4n) is 5.02. The second-order valence-electron chi connectivity index (χ2n) is 10.1. The largest absolute Gasteiger partial charge is 0.435 e. The number of rotatable bonds is 8. The second kappa shape index (κ2) is 12.1. The number of benzene rings is 1. The number of anilines is 2. The van der Waals surface area contributed by atoms with Crippen LogP contribution in [0.15, 0.2) is 43.0 Å². The van der Waals surface area contributed by atoms with Crippen LogP contribution in [0, 0.1) is 11.3 Å². The first kappa shape index (κ1) is 29.5. The molecule has 5 rings (SSSR count). The van der Waals surface area contributed by atoms with Gasteiger partial charge in [0.1, 0.15) is 6.54 Å². The number of aryl methyl sites for hydroxylation is 1.